The van der Waals surface area contributed by atoms with E-state index in [4.69, 9.17) is 9.84 Å². The van der Waals surface area contributed by atoms with Gasteiger partial charge in [0.05, 0.1) is 17.4 Å². The quantitative estimate of drug-likeness (QED) is 0.485. The minimum atomic E-state index is -0.964. The van der Waals surface area contributed by atoms with Gasteiger partial charge in [-0.1, -0.05) is 62.4 Å². The Labute approximate surface area is 206 Å². The number of carbonyl (C=O) groups is 3. The molecule has 35 heavy (non-hydrogen) atoms. The highest BCUT2D eigenvalue weighted by atomic mass is 16.5. The molecule has 0 aliphatic heterocycles. The van der Waals surface area contributed by atoms with Gasteiger partial charge in [-0.3, -0.25) is 9.59 Å². The first-order chi connectivity index (χ1) is 16.5. The Hall–Kier alpha value is -3.35. The van der Waals surface area contributed by atoms with Gasteiger partial charge in [-0.15, -0.1) is 0 Å². The first-order valence-corrected chi connectivity index (χ1v) is 12.2. The van der Waals surface area contributed by atoms with Crippen LogP contribution in [-0.4, -0.2) is 41.3 Å². The Kier molecular flexibility index (Phi) is 6.62. The van der Waals surface area contributed by atoms with E-state index in [-0.39, 0.29) is 30.8 Å². The van der Waals surface area contributed by atoms with Crippen LogP contribution >= 0.6 is 0 Å². The van der Waals surface area contributed by atoms with Gasteiger partial charge in [0.1, 0.15) is 6.61 Å². The van der Waals surface area contributed by atoms with Crippen LogP contribution in [-0.2, 0) is 14.3 Å². The lowest BCUT2D eigenvalue weighted by Gasteiger charge is -2.37. The average Bonchev–Trinajstić information content (AvgIpc) is 3.47. The molecule has 0 bridgehead atoms. The first kappa shape index (κ1) is 24.8. The third-order valence-electron chi connectivity index (χ3n) is 7.37. The predicted octanol–water partition coefficient (Wildman–Crippen LogP) is 4.70. The number of hydrogen-bond donors (Lipinski definition) is 3. The third kappa shape index (κ3) is 5.04. The van der Waals surface area contributed by atoms with Crippen LogP contribution in [0.4, 0.5) is 4.79 Å². The van der Waals surface area contributed by atoms with Crippen LogP contribution in [0, 0.1) is 11.3 Å². The number of fused-ring (bicyclic) bond motifs is 3. The van der Waals surface area contributed by atoms with E-state index in [2.05, 4.69) is 34.9 Å². The van der Waals surface area contributed by atoms with E-state index < -0.39 is 29.1 Å². The number of hydrogen-bond acceptors (Lipinski definition) is 4. The maximum absolute atomic E-state index is 13.2. The molecule has 7 nitrogen and oxygen atoms in total. The molecule has 1 saturated carbocycles. The van der Waals surface area contributed by atoms with E-state index in [0.717, 1.165) is 22.3 Å². The zero-order chi connectivity index (χ0) is 25.4. The SMILES string of the molecule is CC(C)C(NC(=O)OCC1c2ccccc2-c2ccccc21)C(C)(C)C(=O)NC1(CC(=O)O)CC1. The Balaban J connectivity index is 1.42. The Morgan fingerprint density at radius 1 is 1.03 bits per heavy atom. The molecule has 3 N–H and O–H groups in total. The van der Waals surface area contributed by atoms with Crippen molar-refractivity contribution in [2.24, 2.45) is 11.3 Å². The average molecular weight is 479 g/mol. The van der Waals surface area contributed by atoms with Crippen LogP contribution in [0.2, 0.25) is 0 Å². The Bertz CT molecular complexity index is 1090. The summed E-state index contributed by atoms with van der Waals surface area (Å²) in [6, 6.07) is 15.8. The number of benzene rings is 2. The van der Waals surface area contributed by atoms with Crippen molar-refractivity contribution in [3.63, 3.8) is 0 Å². The molecule has 1 atom stereocenters. The topological polar surface area (TPSA) is 105 Å². The molecule has 186 valence electrons. The van der Waals surface area contributed by atoms with Crippen molar-refractivity contribution in [2.75, 3.05) is 6.61 Å². The molecular weight excluding hydrogens is 444 g/mol. The molecule has 7 heteroatoms. The van der Waals surface area contributed by atoms with Crippen LogP contribution in [0.15, 0.2) is 48.5 Å². The number of carbonyl (C=O) groups excluding carboxylic acids is 2. The van der Waals surface area contributed by atoms with Gasteiger partial charge in [0, 0.05) is 12.0 Å². The van der Waals surface area contributed by atoms with Crippen LogP contribution in [0.5, 0.6) is 0 Å². The van der Waals surface area contributed by atoms with E-state index in [0.29, 0.717) is 12.8 Å². The zero-order valence-electron chi connectivity index (χ0n) is 20.8. The fourth-order valence-electron chi connectivity index (χ4n) is 5.28. The molecule has 1 fully saturated rings. The standard InChI is InChI=1S/C28H34N2O5/c1-17(2)24(27(3,4)25(33)30-28(13-14-28)15-23(31)32)29-26(34)35-16-22-20-11-7-5-9-18(20)19-10-6-8-12-21(19)22/h5-12,17,22,24H,13-16H2,1-4H3,(H,29,34)(H,30,33)(H,31,32). The summed E-state index contributed by atoms with van der Waals surface area (Å²) in [5, 5.41) is 15.0. The van der Waals surface area contributed by atoms with Crippen molar-refractivity contribution in [3.8, 4) is 11.1 Å². The van der Waals surface area contributed by atoms with Crippen LogP contribution in [0.25, 0.3) is 11.1 Å². The highest BCUT2D eigenvalue weighted by Gasteiger charge is 2.49. The van der Waals surface area contributed by atoms with E-state index in [1.54, 1.807) is 13.8 Å². The Morgan fingerprint density at radius 3 is 2.06 bits per heavy atom. The van der Waals surface area contributed by atoms with Gasteiger partial charge in [0.2, 0.25) is 5.91 Å². The minimum Gasteiger partial charge on any atom is -0.481 e. The summed E-state index contributed by atoms with van der Waals surface area (Å²) in [5.74, 6) is -1.30. The number of alkyl carbamates (subject to hydrolysis) is 1. The lowest BCUT2D eigenvalue weighted by Crippen LogP contribution is -2.57. The summed E-state index contributed by atoms with van der Waals surface area (Å²) in [6.07, 6.45) is 0.625. The molecule has 2 aliphatic carbocycles. The van der Waals surface area contributed by atoms with E-state index in [9.17, 15) is 14.4 Å². The molecule has 2 aromatic rings. The Morgan fingerprint density at radius 2 is 1.57 bits per heavy atom. The number of carboxylic acids is 1. The molecule has 2 aromatic carbocycles. The molecule has 2 amide bonds. The highest BCUT2D eigenvalue weighted by Crippen LogP contribution is 2.44. The fourth-order valence-corrected chi connectivity index (χ4v) is 5.28. The van der Waals surface area contributed by atoms with Gasteiger partial charge < -0.3 is 20.5 Å². The lowest BCUT2D eigenvalue weighted by molar-refractivity contribution is -0.138. The van der Waals surface area contributed by atoms with Crippen molar-refractivity contribution in [3.05, 3.63) is 59.7 Å². The molecule has 0 saturated heterocycles. The molecule has 0 heterocycles. The van der Waals surface area contributed by atoms with E-state index >= 15 is 0 Å². The largest absolute Gasteiger partial charge is 0.481 e. The monoisotopic (exact) mass is 478 g/mol. The number of aliphatic carboxylic acids is 1. The number of rotatable bonds is 9. The summed E-state index contributed by atoms with van der Waals surface area (Å²) in [7, 11) is 0. The van der Waals surface area contributed by atoms with Crippen molar-refractivity contribution in [2.45, 2.75) is 64.5 Å². The second kappa shape index (κ2) is 9.36. The van der Waals surface area contributed by atoms with Gasteiger partial charge in [-0.05, 0) is 54.9 Å². The molecular formula is C28H34N2O5. The molecule has 0 radical (unpaired) electrons. The van der Waals surface area contributed by atoms with E-state index in [1.165, 1.54) is 0 Å². The highest BCUT2D eigenvalue weighted by molar-refractivity contribution is 5.85. The van der Waals surface area contributed by atoms with Crippen molar-refractivity contribution in [1.29, 1.82) is 0 Å². The molecule has 2 aliphatic rings. The number of amides is 2. The fraction of sp³-hybridized carbons (Fsp3) is 0.464. The predicted molar refractivity (Wildman–Crippen MR) is 133 cm³/mol. The van der Waals surface area contributed by atoms with Gasteiger partial charge in [-0.2, -0.15) is 0 Å². The summed E-state index contributed by atoms with van der Waals surface area (Å²) in [6.45, 7) is 7.61. The van der Waals surface area contributed by atoms with Crippen LogP contribution < -0.4 is 10.6 Å². The second-order valence-electron chi connectivity index (χ2n) is 10.7. The molecule has 0 spiro atoms. The van der Waals surface area contributed by atoms with Gasteiger partial charge in [-0.25, -0.2) is 4.79 Å². The van der Waals surface area contributed by atoms with Crippen molar-refractivity contribution in [1.82, 2.24) is 10.6 Å². The lowest BCUT2D eigenvalue weighted by atomic mass is 9.77. The maximum Gasteiger partial charge on any atom is 0.407 e. The van der Waals surface area contributed by atoms with Gasteiger partial charge in [0.25, 0.3) is 0 Å². The first-order valence-electron chi connectivity index (χ1n) is 12.2. The van der Waals surface area contributed by atoms with Gasteiger partial charge >= 0.3 is 12.1 Å². The normalized spacial score (nSPS) is 16.7. The number of carboxylic acid groups (broad SMARTS) is 1. The summed E-state index contributed by atoms with van der Waals surface area (Å²) in [4.78, 5) is 37.3. The summed E-state index contributed by atoms with van der Waals surface area (Å²) >= 11 is 0. The molecule has 0 aromatic heterocycles. The van der Waals surface area contributed by atoms with Crippen LogP contribution in [0.1, 0.15) is 64.0 Å². The van der Waals surface area contributed by atoms with Crippen molar-refractivity contribution < 1.29 is 24.2 Å². The molecule has 1 unspecified atom stereocenters. The maximum atomic E-state index is 13.2. The summed E-state index contributed by atoms with van der Waals surface area (Å²) in [5.41, 5.74) is 2.94. The zero-order valence-corrected chi connectivity index (χ0v) is 20.8. The van der Waals surface area contributed by atoms with Crippen LogP contribution in [0.3, 0.4) is 0 Å². The smallest absolute Gasteiger partial charge is 0.407 e. The second-order valence-corrected chi connectivity index (χ2v) is 10.7. The summed E-state index contributed by atoms with van der Waals surface area (Å²) < 4.78 is 5.70. The number of nitrogens with one attached hydrogen (secondary N) is 2. The van der Waals surface area contributed by atoms with Gasteiger partial charge in [0.15, 0.2) is 0 Å². The van der Waals surface area contributed by atoms with E-state index in [1.807, 2.05) is 38.1 Å². The number of ether oxygens (including phenoxy) is 1. The van der Waals surface area contributed by atoms with Crippen molar-refractivity contribution >= 4 is 18.0 Å². The third-order valence-corrected chi connectivity index (χ3v) is 7.37. The molecule has 4 rings (SSSR count). The minimum absolute atomic E-state index is 0.0484.